The molecule has 6 nitrogen and oxygen atoms in total. The summed E-state index contributed by atoms with van der Waals surface area (Å²) in [6.45, 7) is 1.78. The second kappa shape index (κ2) is 7.62. The average molecular weight is 504 g/mol. The van der Waals surface area contributed by atoms with Crippen LogP contribution in [-0.2, 0) is 14.6 Å². The Labute approximate surface area is 191 Å². The van der Waals surface area contributed by atoms with Gasteiger partial charge >= 0.3 is 5.97 Å². The molecule has 0 fully saturated rings. The van der Waals surface area contributed by atoms with E-state index in [2.05, 4.69) is 0 Å². The van der Waals surface area contributed by atoms with E-state index in [1.807, 2.05) is 0 Å². The quantitative estimate of drug-likeness (QED) is 0.341. The maximum absolute atomic E-state index is 13.4. The van der Waals surface area contributed by atoms with Gasteiger partial charge in [-0.15, -0.1) is 11.3 Å². The van der Waals surface area contributed by atoms with Crippen molar-refractivity contribution < 1.29 is 17.9 Å². The van der Waals surface area contributed by atoms with Crippen LogP contribution < -0.4 is 10.6 Å². The van der Waals surface area contributed by atoms with Gasteiger partial charge in [-0.3, -0.25) is 4.90 Å². The van der Waals surface area contributed by atoms with Crippen molar-refractivity contribution in [1.29, 1.82) is 0 Å². The molecule has 2 N–H and O–H groups in total. The number of hydrogen-bond acceptors (Lipinski definition) is 7. The van der Waals surface area contributed by atoms with Crippen LogP contribution in [0.25, 0.3) is 0 Å². The number of benzene rings is 2. The highest BCUT2D eigenvalue weighted by atomic mass is 35.5. The number of halogens is 3. The number of ether oxygens (including phenoxy) is 1. The molecule has 0 saturated carbocycles. The van der Waals surface area contributed by atoms with Gasteiger partial charge < -0.3 is 10.5 Å². The molecule has 3 aromatic rings. The zero-order valence-corrected chi connectivity index (χ0v) is 19.2. The van der Waals surface area contributed by atoms with Crippen LogP contribution in [0.5, 0.6) is 0 Å². The number of anilines is 4. The van der Waals surface area contributed by atoms with Crippen LogP contribution in [0.2, 0.25) is 15.1 Å². The molecule has 0 saturated heterocycles. The first-order valence-corrected chi connectivity index (χ1v) is 12.0. The number of rotatable bonds is 3. The molecular weight excluding hydrogens is 491 g/mol. The zero-order valence-electron chi connectivity index (χ0n) is 15.3. The SMILES string of the molecule is CCOC(=O)c1sc2c(c1N)S(=O)(=O)c1cc(Cl)ccc1N2c1ccc(Cl)c(Cl)c1. The summed E-state index contributed by atoms with van der Waals surface area (Å²) in [6, 6.07) is 9.40. The molecule has 0 amide bonds. The molecule has 156 valence electrons. The van der Waals surface area contributed by atoms with E-state index in [4.69, 9.17) is 45.3 Å². The van der Waals surface area contributed by atoms with Gasteiger partial charge in [-0.1, -0.05) is 34.8 Å². The largest absolute Gasteiger partial charge is 0.462 e. The van der Waals surface area contributed by atoms with E-state index < -0.39 is 15.8 Å². The molecule has 0 atom stereocenters. The Morgan fingerprint density at radius 3 is 2.53 bits per heavy atom. The number of nitrogens with two attached hydrogens (primary N) is 1. The summed E-state index contributed by atoms with van der Waals surface area (Å²) in [5.74, 6) is -0.694. The van der Waals surface area contributed by atoms with Crippen molar-refractivity contribution >= 4 is 84.0 Å². The van der Waals surface area contributed by atoms with E-state index in [9.17, 15) is 13.2 Å². The summed E-state index contributed by atoms with van der Waals surface area (Å²) >= 11 is 19.3. The third-order valence-electron chi connectivity index (χ3n) is 4.43. The summed E-state index contributed by atoms with van der Waals surface area (Å²) in [7, 11) is -4.05. The van der Waals surface area contributed by atoms with Crippen molar-refractivity contribution in [1.82, 2.24) is 0 Å². The lowest BCUT2D eigenvalue weighted by molar-refractivity contribution is 0.0533. The molecule has 0 aliphatic carbocycles. The highest BCUT2D eigenvalue weighted by Crippen LogP contribution is 2.55. The number of esters is 1. The van der Waals surface area contributed by atoms with Gasteiger partial charge in [-0.05, 0) is 43.3 Å². The lowest BCUT2D eigenvalue weighted by atomic mass is 10.2. The summed E-state index contributed by atoms with van der Waals surface area (Å²) < 4.78 is 31.8. The number of thiophene rings is 1. The molecule has 1 aliphatic heterocycles. The van der Waals surface area contributed by atoms with Crippen LogP contribution >= 0.6 is 46.1 Å². The van der Waals surface area contributed by atoms with E-state index in [0.29, 0.717) is 16.4 Å². The van der Waals surface area contributed by atoms with E-state index in [1.54, 1.807) is 42.2 Å². The fourth-order valence-corrected chi connectivity index (χ4v) is 6.90. The minimum absolute atomic E-state index is 0.00869. The number of fused-ring (bicyclic) bond motifs is 2. The van der Waals surface area contributed by atoms with E-state index in [-0.39, 0.29) is 42.0 Å². The summed E-state index contributed by atoms with van der Waals surface area (Å²) in [4.78, 5) is 13.9. The smallest absolute Gasteiger partial charge is 0.350 e. The first-order chi connectivity index (χ1) is 14.2. The topological polar surface area (TPSA) is 89.7 Å². The minimum atomic E-state index is -4.05. The molecule has 4 rings (SSSR count). The van der Waals surface area contributed by atoms with Crippen LogP contribution in [0, 0.1) is 0 Å². The molecule has 0 radical (unpaired) electrons. The Kier molecular flexibility index (Phi) is 5.40. The lowest BCUT2D eigenvalue weighted by Crippen LogP contribution is -2.21. The molecule has 30 heavy (non-hydrogen) atoms. The Balaban J connectivity index is 2.06. The number of nitrogens with zero attached hydrogens (tertiary/aromatic N) is 1. The fraction of sp³-hybridized carbons (Fsp3) is 0.105. The normalized spacial score (nSPS) is 14.2. The summed E-state index contributed by atoms with van der Waals surface area (Å²) in [5.41, 5.74) is 6.87. The monoisotopic (exact) mass is 502 g/mol. The fourth-order valence-electron chi connectivity index (χ4n) is 3.16. The number of sulfone groups is 1. The second-order valence-electron chi connectivity index (χ2n) is 6.25. The van der Waals surface area contributed by atoms with Crippen LogP contribution in [0.15, 0.2) is 46.2 Å². The lowest BCUT2D eigenvalue weighted by Gasteiger charge is -2.31. The second-order valence-corrected chi connectivity index (χ2v) is 10.4. The first-order valence-electron chi connectivity index (χ1n) is 8.56. The molecule has 11 heteroatoms. The van der Waals surface area contributed by atoms with Gasteiger partial charge in [0.2, 0.25) is 9.84 Å². The number of carbonyl (C=O) groups is 1. The highest BCUT2D eigenvalue weighted by Gasteiger charge is 2.41. The number of carbonyl (C=O) groups excluding carboxylic acids is 1. The predicted octanol–water partition coefficient (Wildman–Crippen LogP) is 6.08. The van der Waals surface area contributed by atoms with Gasteiger partial charge in [0.25, 0.3) is 0 Å². The van der Waals surface area contributed by atoms with Crippen molar-refractivity contribution in [3.05, 3.63) is 56.3 Å². The van der Waals surface area contributed by atoms with Crippen LogP contribution in [0.3, 0.4) is 0 Å². The van der Waals surface area contributed by atoms with Crippen molar-refractivity contribution in [2.24, 2.45) is 0 Å². The Morgan fingerprint density at radius 1 is 1.13 bits per heavy atom. The average Bonchev–Trinajstić information content (AvgIpc) is 3.03. The van der Waals surface area contributed by atoms with Crippen molar-refractivity contribution in [3.8, 4) is 0 Å². The van der Waals surface area contributed by atoms with Crippen molar-refractivity contribution in [2.75, 3.05) is 17.2 Å². The van der Waals surface area contributed by atoms with E-state index >= 15 is 0 Å². The third kappa shape index (κ3) is 3.23. The number of hydrogen-bond donors (Lipinski definition) is 1. The highest BCUT2D eigenvalue weighted by molar-refractivity contribution is 7.92. The zero-order chi connectivity index (χ0) is 21.8. The van der Waals surface area contributed by atoms with Crippen molar-refractivity contribution in [2.45, 2.75) is 16.7 Å². The summed E-state index contributed by atoms with van der Waals surface area (Å²) in [6.07, 6.45) is 0. The molecule has 2 heterocycles. The molecule has 0 bridgehead atoms. The van der Waals surface area contributed by atoms with E-state index in [1.165, 1.54) is 6.07 Å². The van der Waals surface area contributed by atoms with Gasteiger partial charge in [-0.25, -0.2) is 13.2 Å². The van der Waals surface area contributed by atoms with E-state index in [0.717, 1.165) is 11.3 Å². The predicted molar refractivity (Wildman–Crippen MR) is 120 cm³/mol. The van der Waals surface area contributed by atoms with Gasteiger partial charge in [0.15, 0.2) is 0 Å². The van der Waals surface area contributed by atoms with Gasteiger partial charge in [-0.2, -0.15) is 0 Å². The number of nitrogen functional groups attached to an aromatic ring is 1. The van der Waals surface area contributed by atoms with Gasteiger partial charge in [0.05, 0.1) is 32.9 Å². The van der Waals surface area contributed by atoms with Gasteiger partial charge in [0, 0.05) is 10.7 Å². The maximum atomic E-state index is 13.4. The molecule has 0 unspecified atom stereocenters. The Hall–Kier alpha value is -1.97. The molecule has 1 aromatic heterocycles. The molecule has 2 aromatic carbocycles. The third-order valence-corrected chi connectivity index (χ3v) is 8.56. The molecular formula is C19H13Cl3N2O4S2. The Bertz CT molecular complexity index is 1310. The standard InChI is InChI=1S/C19H13Cl3N2O4S2/c1-2-28-19(25)16-15(23)17-18(29-16)24(10-4-5-11(21)12(22)8-10)13-6-3-9(20)7-14(13)30(17,26)27/h3-8H,2,23H2,1H3. The van der Waals surface area contributed by atoms with Crippen LogP contribution in [0.1, 0.15) is 16.6 Å². The van der Waals surface area contributed by atoms with Gasteiger partial charge in [0.1, 0.15) is 14.8 Å². The Morgan fingerprint density at radius 2 is 1.87 bits per heavy atom. The van der Waals surface area contributed by atoms with Crippen LogP contribution in [-0.4, -0.2) is 21.0 Å². The summed E-state index contributed by atoms with van der Waals surface area (Å²) in [5, 5.41) is 1.13. The van der Waals surface area contributed by atoms with Crippen molar-refractivity contribution in [3.63, 3.8) is 0 Å². The minimum Gasteiger partial charge on any atom is -0.462 e. The molecule has 0 spiro atoms. The maximum Gasteiger partial charge on any atom is 0.350 e. The molecule has 1 aliphatic rings. The first kappa shape index (κ1) is 21.3. The van der Waals surface area contributed by atoms with Crippen LogP contribution in [0.4, 0.5) is 22.1 Å².